The zero-order valence-corrected chi connectivity index (χ0v) is 19.4. The molecule has 0 fully saturated rings. The Morgan fingerprint density at radius 2 is 1.97 bits per heavy atom. The van der Waals surface area contributed by atoms with Gasteiger partial charge in [0, 0.05) is 4.47 Å². The summed E-state index contributed by atoms with van der Waals surface area (Å²) in [4.78, 5) is 13.6. The van der Waals surface area contributed by atoms with Crippen LogP contribution in [-0.4, -0.2) is 26.4 Å². The van der Waals surface area contributed by atoms with Crippen molar-refractivity contribution >= 4 is 50.6 Å². The third kappa shape index (κ3) is 5.00. The number of aromatic nitrogens is 3. The van der Waals surface area contributed by atoms with Gasteiger partial charge in [0.05, 0.1) is 22.9 Å². The number of rotatable bonds is 7. The van der Waals surface area contributed by atoms with Crippen LogP contribution in [0.25, 0.3) is 10.7 Å². The maximum atomic E-state index is 12.5. The molecule has 0 saturated carbocycles. The van der Waals surface area contributed by atoms with E-state index in [0.29, 0.717) is 6.54 Å². The molecule has 2 heterocycles. The van der Waals surface area contributed by atoms with Crippen LogP contribution in [0, 0.1) is 6.92 Å². The summed E-state index contributed by atoms with van der Waals surface area (Å²) in [5, 5.41) is 14.5. The van der Waals surface area contributed by atoms with Gasteiger partial charge in [-0.25, -0.2) is 0 Å². The van der Waals surface area contributed by atoms with Gasteiger partial charge in [-0.05, 0) is 57.6 Å². The number of carbonyl (C=O) groups excluding carboxylic acids is 1. The van der Waals surface area contributed by atoms with Gasteiger partial charge in [-0.15, -0.1) is 21.5 Å². The Kier molecular flexibility index (Phi) is 6.66. The number of nitrogens with zero attached hydrogens (tertiary/aromatic N) is 3. The van der Waals surface area contributed by atoms with E-state index in [4.69, 9.17) is 0 Å². The van der Waals surface area contributed by atoms with Crippen LogP contribution in [0.2, 0.25) is 0 Å². The van der Waals surface area contributed by atoms with E-state index in [-0.39, 0.29) is 11.7 Å². The Morgan fingerprint density at radius 1 is 1.13 bits per heavy atom. The largest absolute Gasteiger partial charge is 0.324 e. The number of thiophene rings is 1. The Hall–Kier alpha value is -2.42. The van der Waals surface area contributed by atoms with Gasteiger partial charge < -0.3 is 5.32 Å². The molecule has 2 aromatic carbocycles. The third-order valence-electron chi connectivity index (χ3n) is 4.37. The van der Waals surface area contributed by atoms with E-state index in [0.717, 1.165) is 37.1 Å². The van der Waals surface area contributed by atoms with Crippen molar-refractivity contribution in [2.75, 3.05) is 11.1 Å². The number of anilines is 1. The van der Waals surface area contributed by atoms with E-state index in [1.807, 2.05) is 60.8 Å². The molecule has 4 aromatic rings. The number of nitrogens with one attached hydrogen (secondary N) is 1. The fourth-order valence-corrected chi connectivity index (χ4v) is 4.98. The summed E-state index contributed by atoms with van der Waals surface area (Å²) in [7, 11) is 0. The van der Waals surface area contributed by atoms with Crippen LogP contribution < -0.4 is 5.32 Å². The number of carbonyl (C=O) groups is 1. The Bertz CT molecular complexity index is 1140. The highest BCUT2D eigenvalue weighted by Crippen LogP contribution is 2.29. The zero-order valence-electron chi connectivity index (χ0n) is 16.2. The highest BCUT2D eigenvalue weighted by molar-refractivity contribution is 9.10. The van der Waals surface area contributed by atoms with Crippen molar-refractivity contribution in [1.82, 2.24) is 14.8 Å². The quantitative estimate of drug-likeness (QED) is 0.324. The molecule has 30 heavy (non-hydrogen) atoms. The van der Waals surface area contributed by atoms with Crippen LogP contribution in [0.4, 0.5) is 5.69 Å². The van der Waals surface area contributed by atoms with Crippen molar-refractivity contribution in [2.45, 2.75) is 18.6 Å². The minimum atomic E-state index is -0.0866. The topological polar surface area (TPSA) is 59.8 Å². The molecule has 5 nitrogen and oxygen atoms in total. The van der Waals surface area contributed by atoms with Gasteiger partial charge in [-0.2, -0.15) is 0 Å². The van der Waals surface area contributed by atoms with Gasteiger partial charge in [-0.1, -0.05) is 54.2 Å². The number of halogens is 1. The molecule has 0 radical (unpaired) electrons. The van der Waals surface area contributed by atoms with Gasteiger partial charge >= 0.3 is 0 Å². The predicted molar refractivity (Wildman–Crippen MR) is 127 cm³/mol. The first kappa shape index (κ1) is 20.8. The fraction of sp³-hybridized carbons (Fsp3) is 0.136. The van der Waals surface area contributed by atoms with Gasteiger partial charge in [0.2, 0.25) is 5.91 Å². The Morgan fingerprint density at radius 3 is 2.70 bits per heavy atom. The van der Waals surface area contributed by atoms with Crippen LogP contribution >= 0.6 is 39.0 Å². The lowest BCUT2D eigenvalue weighted by Gasteiger charge is -2.10. The molecule has 0 bridgehead atoms. The fourth-order valence-electron chi connectivity index (χ4n) is 2.93. The number of aryl methyl sites for hydroxylation is 1. The first-order valence-electron chi connectivity index (χ1n) is 9.30. The molecule has 8 heteroatoms. The predicted octanol–water partition coefficient (Wildman–Crippen LogP) is 5.86. The van der Waals surface area contributed by atoms with Crippen LogP contribution in [0.5, 0.6) is 0 Å². The molecule has 0 spiro atoms. The van der Waals surface area contributed by atoms with Crippen molar-refractivity contribution in [2.24, 2.45) is 0 Å². The average molecular weight is 499 g/mol. The Labute approximate surface area is 191 Å². The van der Waals surface area contributed by atoms with E-state index in [1.165, 1.54) is 11.8 Å². The molecule has 0 aliphatic carbocycles. The second-order valence-electron chi connectivity index (χ2n) is 6.68. The van der Waals surface area contributed by atoms with Crippen molar-refractivity contribution in [1.29, 1.82) is 0 Å². The molecule has 0 aliphatic heterocycles. The summed E-state index contributed by atoms with van der Waals surface area (Å²) < 4.78 is 2.94. The normalized spacial score (nSPS) is 10.9. The molecule has 1 N–H and O–H groups in total. The van der Waals surface area contributed by atoms with Crippen molar-refractivity contribution in [3.05, 3.63) is 81.6 Å². The van der Waals surface area contributed by atoms with Crippen LogP contribution in [0.1, 0.15) is 11.1 Å². The van der Waals surface area contributed by atoms with Crippen LogP contribution in [0.15, 0.2) is 75.7 Å². The summed E-state index contributed by atoms with van der Waals surface area (Å²) in [5.74, 6) is 0.979. The minimum absolute atomic E-state index is 0.0866. The number of amides is 1. The maximum Gasteiger partial charge on any atom is 0.234 e. The standard InChI is InChI=1S/C22H19BrN4OS2/c1-15-9-10-18(17(23)12-15)24-20(28)14-30-22-26-25-21(19-8-5-11-29-19)27(22)13-16-6-3-2-4-7-16/h2-12H,13-14H2,1H3,(H,24,28). The van der Waals surface area contributed by atoms with Crippen molar-refractivity contribution in [3.8, 4) is 10.7 Å². The number of hydrogen-bond donors (Lipinski definition) is 1. The van der Waals surface area contributed by atoms with Gasteiger partial charge in [-0.3, -0.25) is 9.36 Å². The van der Waals surface area contributed by atoms with Crippen molar-refractivity contribution < 1.29 is 4.79 Å². The SMILES string of the molecule is Cc1ccc(NC(=O)CSc2nnc(-c3cccs3)n2Cc2ccccc2)c(Br)c1. The van der Waals surface area contributed by atoms with E-state index in [2.05, 4.69) is 48.1 Å². The number of thioether (sulfide) groups is 1. The second-order valence-corrected chi connectivity index (χ2v) is 9.42. The summed E-state index contributed by atoms with van der Waals surface area (Å²) in [6.45, 7) is 2.66. The molecular formula is C22H19BrN4OS2. The maximum absolute atomic E-state index is 12.5. The summed E-state index contributed by atoms with van der Waals surface area (Å²) in [6.07, 6.45) is 0. The highest BCUT2D eigenvalue weighted by Gasteiger charge is 2.17. The van der Waals surface area contributed by atoms with Gasteiger partial charge in [0.1, 0.15) is 0 Å². The molecule has 0 saturated heterocycles. The molecule has 2 aromatic heterocycles. The van der Waals surface area contributed by atoms with Crippen LogP contribution in [-0.2, 0) is 11.3 Å². The van der Waals surface area contributed by atoms with E-state index < -0.39 is 0 Å². The molecular weight excluding hydrogens is 480 g/mol. The Balaban J connectivity index is 1.51. The molecule has 0 atom stereocenters. The number of benzene rings is 2. The number of hydrogen-bond acceptors (Lipinski definition) is 5. The highest BCUT2D eigenvalue weighted by atomic mass is 79.9. The van der Waals surface area contributed by atoms with Gasteiger partial charge in [0.15, 0.2) is 11.0 Å². The minimum Gasteiger partial charge on any atom is -0.324 e. The summed E-state index contributed by atoms with van der Waals surface area (Å²) in [5.41, 5.74) is 3.05. The monoisotopic (exact) mass is 498 g/mol. The van der Waals surface area contributed by atoms with Crippen molar-refractivity contribution in [3.63, 3.8) is 0 Å². The van der Waals surface area contributed by atoms with E-state index in [1.54, 1.807) is 11.3 Å². The zero-order chi connectivity index (χ0) is 20.9. The molecule has 4 rings (SSSR count). The lowest BCUT2D eigenvalue weighted by Crippen LogP contribution is -2.15. The molecule has 1 amide bonds. The molecule has 0 aliphatic rings. The average Bonchev–Trinajstić information content (AvgIpc) is 3.39. The summed E-state index contributed by atoms with van der Waals surface area (Å²) in [6, 6.07) is 20.1. The first-order chi connectivity index (χ1) is 14.6. The van der Waals surface area contributed by atoms with E-state index in [9.17, 15) is 4.79 Å². The molecule has 152 valence electrons. The molecule has 0 unspecified atom stereocenters. The van der Waals surface area contributed by atoms with Gasteiger partial charge in [0.25, 0.3) is 0 Å². The van der Waals surface area contributed by atoms with Crippen LogP contribution in [0.3, 0.4) is 0 Å². The lowest BCUT2D eigenvalue weighted by atomic mass is 10.2. The third-order valence-corrected chi connectivity index (χ3v) is 6.86. The summed E-state index contributed by atoms with van der Waals surface area (Å²) >= 11 is 6.51. The van der Waals surface area contributed by atoms with E-state index >= 15 is 0 Å². The second kappa shape index (κ2) is 9.59. The lowest BCUT2D eigenvalue weighted by molar-refractivity contribution is -0.113. The first-order valence-corrected chi connectivity index (χ1v) is 12.0. The smallest absolute Gasteiger partial charge is 0.234 e.